The van der Waals surface area contributed by atoms with Crippen LogP contribution in [0, 0.1) is 11.6 Å². The van der Waals surface area contributed by atoms with Gasteiger partial charge in [0.25, 0.3) is 0 Å². The summed E-state index contributed by atoms with van der Waals surface area (Å²) in [6, 6.07) is 7.63. The molecule has 4 N–H and O–H groups in total. The van der Waals surface area contributed by atoms with Crippen molar-refractivity contribution in [3.05, 3.63) is 63.7 Å². The van der Waals surface area contributed by atoms with Crippen molar-refractivity contribution in [2.75, 3.05) is 12.9 Å². The van der Waals surface area contributed by atoms with Crippen LogP contribution >= 0.6 is 23.4 Å². The van der Waals surface area contributed by atoms with E-state index in [0.29, 0.717) is 16.1 Å². The molecule has 1 aliphatic heterocycles. The highest BCUT2D eigenvalue weighted by Gasteiger charge is 2.44. The van der Waals surface area contributed by atoms with Gasteiger partial charge in [-0.25, -0.2) is 8.78 Å². The quantitative estimate of drug-likeness (QED) is 0.527. The Bertz CT molecular complexity index is 882. The van der Waals surface area contributed by atoms with Gasteiger partial charge in [0.1, 0.15) is 30.5 Å². The first-order valence-corrected chi connectivity index (χ1v) is 10.5. The predicted octanol–water partition coefficient (Wildman–Crippen LogP) is 2.45. The SMILES string of the molecule is CSc1ccc(Cc2cc([C@@H]3O[C@H](CO)[C@@H](O)[C@H](O)[C@H]3O)ccc2Cl)c(F)c1F. The van der Waals surface area contributed by atoms with Crippen LogP contribution < -0.4 is 0 Å². The zero-order valence-electron chi connectivity index (χ0n) is 15.4. The molecule has 0 aromatic heterocycles. The van der Waals surface area contributed by atoms with E-state index in [4.69, 9.17) is 16.3 Å². The first-order chi connectivity index (χ1) is 13.8. The third-order valence-corrected chi connectivity index (χ3v) is 6.14. The van der Waals surface area contributed by atoms with E-state index in [-0.39, 0.29) is 16.9 Å². The highest BCUT2D eigenvalue weighted by Crippen LogP contribution is 2.35. The van der Waals surface area contributed by atoms with Crippen LogP contribution in [0.15, 0.2) is 35.2 Å². The molecule has 0 bridgehead atoms. The lowest BCUT2D eigenvalue weighted by Crippen LogP contribution is -2.55. The van der Waals surface area contributed by atoms with Crippen LogP contribution in [0.25, 0.3) is 0 Å². The second-order valence-electron chi connectivity index (χ2n) is 6.83. The summed E-state index contributed by atoms with van der Waals surface area (Å²) >= 11 is 7.33. The number of thioether (sulfide) groups is 1. The van der Waals surface area contributed by atoms with Gasteiger partial charge >= 0.3 is 0 Å². The van der Waals surface area contributed by atoms with Crippen molar-refractivity contribution in [1.82, 2.24) is 0 Å². The molecule has 0 amide bonds. The van der Waals surface area contributed by atoms with E-state index in [2.05, 4.69) is 0 Å². The minimum absolute atomic E-state index is 0.00150. The largest absolute Gasteiger partial charge is 0.394 e. The van der Waals surface area contributed by atoms with Gasteiger partial charge in [-0.3, -0.25) is 0 Å². The smallest absolute Gasteiger partial charge is 0.172 e. The fourth-order valence-electron chi connectivity index (χ4n) is 3.36. The summed E-state index contributed by atoms with van der Waals surface area (Å²) in [6.45, 7) is -0.547. The van der Waals surface area contributed by atoms with E-state index in [9.17, 15) is 29.2 Å². The number of benzene rings is 2. The van der Waals surface area contributed by atoms with Gasteiger partial charge in [0, 0.05) is 16.3 Å². The number of aliphatic hydroxyl groups excluding tert-OH is 4. The van der Waals surface area contributed by atoms with Crippen molar-refractivity contribution < 1.29 is 33.9 Å². The lowest BCUT2D eigenvalue weighted by Gasteiger charge is -2.40. The maximum atomic E-state index is 14.4. The van der Waals surface area contributed by atoms with Crippen LogP contribution in [0.3, 0.4) is 0 Å². The Labute approximate surface area is 175 Å². The summed E-state index contributed by atoms with van der Waals surface area (Å²) in [5, 5.41) is 39.9. The molecule has 5 atom stereocenters. The first-order valence-electron chi connectivity index (χ1n) is 8.88. The van der Waals surface area contributed by atoms with E-state index in [1.54, 1.807) is 18.4 Å². The Kier molecular flexibility index (Phi) is 7.16. The molecule has 9 heteroatoms. The Morgan fingerprint density at radius 2 is 1.72 bits per heavy atom. The van der Waals surface area contributed by atoms with Crippen molar-refractivity contribution in [1.29, 1.82) is 0 Å². The average Bonchev–Trinajstić information content (AvgIpc) is 2.72. The van der Waals surface area contributed by atoms with Gasteiger partial charge in [-0.05, 0) is 35.1 Å². The maximum absolute atomic E-state index is 14.4. The molecule has 158 valence electrons. The van der Waals surface area contributed by atoms with Crippen molar-refractivity contribution in [3.8, 4) is 0 Å². The number of halogens is 3. The lowest BCUT2D eigenvalue weighted by molar-refractivity contribution is -0.231. The minimum atomic E-state index is -1.52. The molecular formula is C20H21ClF2O5S. The third kappa shape index (κ3) is 4.44. The molecule has 0 spiro atoms. The van der Waals surface area contributed by atoms with E-state index in [1.807, 2.05) is 0 Å². The first kappa shape index (κ1) is 22.4. The molecule has 0 unspecified atom stereocenters. The summed E-state index contributed by atoms with van der Waals surface area (Å²) in [7, 11) is 0. The molecule has 0 aliphatic carbocycles. The van der Waals surface area contributed by atoms with Crippen LogP contribution in [0.5, 0.6) is 0 Å². The van der Waals surface area contributed by atoms with Crippen LogP contribution in [-0.2, 0) is 11.2 Å². The van der Waals surface area contributed by atoms with E-state index >= 15 is 0 Å². The Balaban J connectivity index is 1.92. The van der Waals surface area contributed by atoms with Gasteiger partial charge in [0.2, 0.25) is 0 Å². The predicted molar refractivity (Wildman–Crippen MR) is 105 cm³/mol. The van der Waals surface area contributed by atoms with Gasteiger partial charge < -0.3 is 25.2 Å². The molecule has 0 saturated carbocycles. The van der Waals surface area contributed by atoms with Gasteiger partial charge in [-0.2, -0.15) is 0 Å². The minimum Gasteiger partial charge on any atom is -0.394 e. The van der Waals surface area contributed by atoms with Gasteiger partial charge in [0.15, 0.2) is 11.6 Å². The van der Waals surface area contributed by atoms with Gasteiger partial charge in [-0.1, -0.05) is 29.8 Å². The number of rotatable bonds is 5. The fourth-order valence-corrected chi connectivity index (χ4v) is 4.01. The normalized spacial score (nSPS) is 27.2. The molecule has 29 heavy (non-hydrogen) atoms. The molecule has 1 aliphatic rings. The van der Waals surface area contributed by atoms with Gasteiger partial charge in [-0.15, -0.1) is 11.8 Å². The molecule has 1 saturated heterocycles. The molecule has 0 radical (unpaired) electrons. The summed E-state index contributed by atoms with van der Waals surface area (Å²) in [5.74, 6) is -1.87. The topological polar surface area (TPSA) is 90.2 Å². The molecular weight excluding hydrogens is 426 g/mol. The zero-order chi connectivity index (χ0) is 21.3. The van der Waals surface area contributed by atoms with E-state index < -0.39 is 48.8 Å². The second kappa shape index (κ2) is 9.26. The summed E-state index contributed by atoms with van der Waals surface area (Å²) in [6.07, 6.45) is -4.87. The number of ether oxygens (including phenoxy) is 1. The van der Waals surface area contributed by atoms with E-state index in [0.717, 1.165) is 11.8 Å². The summed E-state index contributed by atoms with van der Waals surface area (Å²) in [4.78, 5) is 0.201. The van der Waals surface area contributed by atoms with Crippen molar-refractivity contribution >= 4 is 23.4 Å². The molecule has 2 aromatic rings. The van der Waals surface area contributed by atoms with Crippen molar-refractivity contribution in [2.45, 2.75) is 41.8 Å². The molecule has 2 aromatic carbocycles. The standard InChI is InChI=1S/C20H21ClF2O5S/c1-29-14-5-3-9(15(22)16(14)23)6-11-7-10(2-4-12(11)21)20-19(27)18(26)17(25)13(8-24)28-20/h2-5,7,13,17-20,24-27H,6,8H2,1H3/t13-,17-,18+,19-,20+/m1/s1. The summed E-state index contributed by atoms with van der Waals surface area (Å²) < 4.78 is 34.0. The van der Waals surface area contributed by atoms with Crippen LogP contribution in [0.1, 0.15) is 22.8 Å². The highest BCUT2D eigenvalue weighted by molar-refractivity contribution is 7.98. The summed E-state index contributed by atoms with van der Waals surface area (Å²) in [5.41, 5.74) is 1.01. The van der Waals surface area contributed by atoms with Gasteiger partial charge in [0.05, 0.1) is 6.61 Å². The molecule has 5 nitrogen and oxygen atoms in total. The lowest BCUT2D eigenvalue weighted by atomic mass is 9.90. The Morgan fingerprint density at radius 1 is 1.00 bits per heavy atom. The Hall–Kier alpha value is -1.26. The van der Waals surface area contributed by atoms with Crippen LogP contribution in [0.2, 0.25) is 5.02 Å². The number of hydrogen-bond acceptors (Lipinski definition) is 6. The van der Waals surface area contributed by atoms with Crippen LogP contribution in [0.4, 0.5) is 8.78 Å². The average molecular weight is 447 g/mol. The van der Waals surface area contributed by atoms with Crippen molar-refractivity contribution in [3.63, 3.8) is 0 Å². The number of aliphatic hydroxyl groups is 4. The van der Waals surface area contributed by atoms with Crippen molar-refractivity contribution in [2.24, 2.45) is 0 Å². The molecule has 1 heterocycles. The third-order valence-electron chi connectivity index (χ3n) is 5.02. The van der Waals surface area contributed by atoms with E-state index in [1.165, 1.54) is 18.2 Å². The Morgan fingerprint density at radius 3 is 2.38 bits per heavy atom. The zero-order valence-corrected chi connectivity index (χ0v) is 17.0. The maximum Gasteiger partial charge on any atom is 0.172 e. The molecule has 1 fully saturated rings. The monoisotopic (exact) mass is 446 g/mol. The van der Waals surface area contributed by atoms with Crippen LogP contribution in [-0.4, -0.2) is 57.7 Å². The number of hydrogen-bond donors (Lipinski definition) is 4. The second-order valence-corrected chi connectivity index (χ2v) is 8.09. The highest BCUT2D eigenvalue weighted by atomic mass is 35.5. The molecule has 3 rings (SSSR count). The fraction of sp³-hybridized carbons (Fsp3) is 0.400.